The highest BCUT2D eigenvalue weighted by Crippen LogP contribution is 2.28. The van der Waals surface area contributed by atoms with Crippen LogP contribution in [0.4, 0.5) is 0 Å². The van der Waals surface area contributed by atoms with Crippen LogP contribution in [-0.4, -0.2) is 55.5 Å². The molecule has 0 bridgehead atoms. The molecule has 2 rings (SSSR count). The van der Waals surface area contributed by atoms with Gasteiger partial charge in [-0.15, -0.1) is 0 Å². The highest BCUT2D eigenvalue weighted by atomic mass is 16.6. The fourth-order valence-electron chi connectivity index (χ4n) is 3.16. The van der Waals surface area contributed by atoms with E-state index in [2.05, 4.69) is 6.92 Å². The van der Waals surface area contributed by atoms with Gasteiger partial charge in [0.25, 0.3) is 5.91 Å². The van der Waals surface area contributed by atoms with E-state index in [0.717, 1.165) is 25.7 Å². The molecular weight excluding hydrogens is 350 g/mol. The molecule has 1 aliphatic heterocycles. The fraction of sp³-hybridized carbons (Fsp3) is 0.550. The summed E-state index contributed by atoms with van der Waals surface area (Å²) in [6.07, 6.45) is 4.00. The maximum atomic E-state index is 12.3. The number of methoxy groups -OCH3 is 1. The predicted octanol–water partition coefficient (Wildman–Crippen LogP) is 2.61. The van der Waals surface area contributed by atoms with E-state index in [4.69, 9.17) is 14.2 Å². The van der Waals surface area contributed by atoms with Crippen LogP contribution in [0.15, 0.2) is 18.2 Å². The van der Waals surface area contributed by atoms with Crippen molar-refractivity contribution in [3.63, 3.8) is 0 Å². The van der Waals surface area contributed by atoms with E-state index in [9.17, 15) is 14.4 Å². The highest BCUT2D eigenvalue weighted by Gasteiger charge is 2.26. The van der Waals surface area contributed by atoms with Gasteiger partial charge >= 0.3 is 5.97 Å². The van der Waals surface area contributed by atoms with Crippen molar-refractivity contribution in [3.05, 3.63) is 23.8 Å². The van der Waals surface area contributed by atoms with E-state index in [-0.39, 0.29) is 30.9 Å². The molecule has 0 spiro atoms. The van der Waals surface area contributed by atoms with Crippen LogP contribution in [0.3, 0.4) is 0 Å². The second-order valence-electron chi connectivity index (χ2n) is 6.52. The molecule has 0 aliphatic carbocycles. The van der Waals surface area contributed by atoms with Crippen LogP contribution in [0.2, 0.25) is 0 Å². The summed E-state index contributed by atoms with van der Waals surface area (Å²) in [5.74, 6) is -0.219. The summed E-state index contributed by atoms with van der Waals surface area (Å²) < 4.78 is 15.6. The van der Waals surface area contributed by atoms with Crippen molar-refractivity contribution in [3.8, 4) is 11.5 Å². The maximum absolute atomic E-state index is 12.3. The normalized spacial score (nSPS) is 16.6. The largest absolute Gasteiger partial charge is 0.493 e. The number of carbonyl (C=O) groups is 3. The maximum Gasteiger partial charge on any atom is 0.344 e. The number of hydrogen-bond donors (Lipinski definition) is 0. The van der Waals surface area contributed by atoms with Gasteiger partial charge in [-0.1, -0.05) is 6.92 Å². The molecule has 1 atom stereocenters. The van der Waals surface area contributed by atoms with E-state index in [0.29, 0.717) is 23.6 Å². The third-order valence-electron chi connectivity index (χ3n) is 4.69. The Labute approximate surface area is 159 Å². The minimum atomic E-state index is -0.633. The molecule has 0 aromatic heterocycles. The van der Waals surface area contributed by atoms with Crippen LogP contribution >= 0.6 is 0 Å². The zero-order valence-corrected chi connectivity index (χ0v) is 16.2. The average Bonchev–Trinajstić information content (AvgIpc) is 2.69. The van der Waals surface area contributed by atoms with Crippen LogP contribution in [0, 0.1) is 0 Å². The second kappa shape index (κ2) is 9.94. The molecule has 1 unspecified atom stereocenters. The summed E-state index contributed by atoms with van der Waals surface area (Å²) >= 11 is 0. The van der Waals surface area contributed by atoms with Gasteiger partial charge in [-0.3, -0.25) is 9.59 Å². The molecule has 1 aromatic rings. The zero-order valence-electron chi connectivity index (χ0n) is 16.2. The van der Waals surface area contributed by atoms with Crippen LogP contribution < -0.4 is 9.47 Å². The van der Waals surface area contributed by atoms with Gasteiger partial charge < -0.3 is 19.1 Å². The molecule has 7 nitrogen and oxygen atoms in total. The number of piperidine rings is 1. The van der Waals surface area contributed by atoms with Crippen LogP contribution in [0.1, 0.15) is 49.9 Å². The standard InChI is InChI=1S/C20H27NO6/c1-4-16-7-5-6-10-21(16)19(23)12-27-20(24)13-26-17-9-8-15(14(2)22)11-18(17)25-3/h8-9,11,16H,4-7,10,12-13H2,1-3H3. The van der Waals surface area contributed by atoms with Gasteiger partial charge in [0.2, 0.25) is 0 Å². The van der Waals surface area contributed by atoms with Gasteiger partial charge in [0.05, 0.1) is 7.11 Å². The van der Waals surface area contributed by atoms with Gasteiger partial charge in [-0.2, -0.15) is 0 Å². The number of ether oxygens (including phenoxy) is 3. The molecule has 1 fully saturated rings. The molecule has 1 aliphatic rings. The Morgan fingerprint density at radius 3 is 2.59 bits per heavy atom. The number of hydrogen-bond acceptors (Lipinski definition) is 6. The molecule has 1 amide bonds. The van der Waals surface area contributed by atoms with Crippen molar-refractivity contribution in [1.82, 2.24) is 4.90 Å². The lowest BCUT2D eigenvalue weighted by Crippen LogP contribution is -2.45. The minimum absolute atomic E-state index is 0.0964. The fourth-order valence-corrected chi connectivity index (χ4v) is 3.16. The first-order chi connectivity index (χ1) is 13.0. The Kier molecular flexibility index (Phi) is 7.64. The van der Waals surface area contributed by atoms with Crippen LogP contribution in [-0.2, 0) is 14.3 Å². The summed E-state index contributed by atoms with van der Waals surface area (Å²) in [5, 5.41) is 0. The summed E-state index contributed by atoms with van der Waals surface area (Å²) in [6, 6.07) is 4.93. The summed E-state index contributed by atoms with van der Waals surface area (Å²) in [7, 11) is 1.45. The van der Waals surface area contributed by atoms with Gasteiger partial charge in [0.15, 0.2) is 30.5 Å². The number of carbonyl (C=O) groups excluding carboxylic acids is 3. The Morgan fingerprint density at radius 2 is 1.93 bits per heavy atom. The van der Waals surface area contributed by atoms with E-state index >= 15 is 0 Å². The quantitative estimate of drug-likeness (QED) is 0.512. The molecule has 0 saturated carbocycles. The molecule has 27 heavy (non-hydrogen) atoms. The van der Waals surface area contributed by atoms with E-state index in [1.165, 1.54) is 14.0 Å². The van der Waals surface area contributed by atoms with Gasteiger partial charge in [0, 0.05) is 18.2 Å². The number of ketones is 1. The SMILES string of the molecule is CCC1CCCCN1C(=O)COC(=O)COc1ccc(C(C)=O)cc1OC. The topological polar surface area (TPSA) is 82.1 Å². The molecule has 0 radical (unpaired) electrons. The van der Waals surface area contributed by atoms with Crippen molar-refractivity contribution >= 4 is 17.7 Å². The van der Waals surface area contributed by atoms with Crippen molar-refractivity contribution in [2.75, 3.05) is 26.9 Å². The lowest BCUT2D eigenvalue weighted by atomic mass is 10.00. The van der Waals surface area contributed by atoms with Crippen molar-refractivity contribution in [2.45, 2.75) is 45.6 Å². The van der Waals surface area contributed by atoms with Crippen molar-refractivity contribution in [2.24, 2.45) is 0 Å². The van der Waals surface area contributed by atoms with E-state index in [1.807, 2.05) is 0 Å². The Morgan fingerprint density at radius 1 is 1.15 bits per heavy atom. The minimum Gasteiger partial charge on any atom is -0.493 e. The summed E-state index contributed by atoms with van der Waals surface area (Å²) in [4.78, 5) is 37.4. The third-order valence-corrected chi connectivity index (χ3v) is 4.69. The Bertz CT molecular complexity index is 687. The van der Waals surface area contributed by atoms with Gasteiger partial charge in [-0.25, -0.2) is 4.79 Å². The molecule has 1 saturated heterocycles. The number of benzene rings is 1. The van der Waals surface area contributed by atoms with E-state index < -0.39 is 5.97 Å². The molecule has 1 heterocycles. The Hall–Kier alpha value is -2.57. The van der Waals surface area contributed by atoms with Crippen molar-refractivity contribution < 1.29 is 28.6 Å². The third kappa shape index (κ3) is 5.70. The zero-order chi connectivity index (χ0) is 19.8. The highest BCUT2D eigenvalue weighted by molar-refractivity contribution is 5.94. The molecule has 0 N–H and O–H groups in total. The first-order valence-electron chi connectivity index (χ1n) is 9.23. The predicted molar refractivity (Wildman–Crippen MR) is 99.1 cm³/mol. The van der Waals surface area contributed by atoms with E-state index in [1.54, 1.807) is 23.1 Å². The second-order valence-corrected chi connectivity index (χ2v) is 6.52. The first-order valence-corrected chi connectivity index (χ1v) is 9.23. The Balaban J connectivity index is 1.84. The molecule has 7 heteroatoms. The van der Waals surface area contributed by atoms with Gasteiger partial charge in [-0.05, 0) is 50.8 Å². The number of Topliss-reactive ketones (excluding diaryl/α,β-unsaturated/α-hetero) is 1. The average molecular weight is 377 g/mol. The molecular formula is C20H27NO6. The number of nitrogens with zero attached hydrogens (tertiary/aromatic N) is 1. The number of amides is 1. The first kappa shape index (κ1) is 20.7. The monoisotopic (exact) mass is 377 g/mol. The van der Waals surface area contributed by atoms with Gasteiger partial charge in [0.1, 0.15) is 0 Å². The lowest BCUT2D eigenvalue weighted by molar-refractivity contribution is -0.155. The lowest BCUT2D eigenvalue weighted by Gasteiger charge is -2.35. The van der Waals surface area contributed by atoms with Crippen LogP contribution in [0.25, 0.3) is 0 Å². The van der Waals surface area contributed by atoms with Crippen LogP contribution in [0.5, 0.6) is 11.5 Å². The smallest absolute Gasteiger partial charge is 0.344 e. The molecule has 1 aromatic carbocycles. The summed E-state index contributed by atoms with van der Waals surface area (Å²) in [5.41, 5.74) is 0.486. The molecule has 148 valence electrons. The number of esters is 1. The number of rotatable bonds is 8. The summed E-state index contributed by atoms with van der Waals surface area (Å²) in [6.45, 7) is 3.60. The number of likely N-dealkylation sites (tertiary alicyclic amines) is 1. The van der Waals surface area contributed by atoms with Crippen molar-refractivity contribution in [1.29, 1.82) is 0 Å².